The van der Waals surface area contributed by atoms with Gasteiger partial charge in [-0.2, -0.15) is 0 Å². The van der Waals surface area contributed by atoms with Gasteiger partial charge in [0.25, 0.3) is 0 Å². The number of nitrogens with one attached hydrogen (secondary N) is 1. The summed E-state index contributed by atoms with van der Waals surface area (Å²) in [5, 5.41) is 2.89. The Balaban J connectivity index is 1.91. The van der Waals surface area contributed by atoms with Crippen molar-refractivity contribution in [3.05, 3.63) is 53.7 Å². The summed E-state index contributed by atoms with van der Waals surface area (Å²) in [4.78, 5) is 17.9. The highest BCUT2D eigenvalue weighted by molar-refractivity contribution is 5.74. The molecule has 106 valence electrons. The van der Waals surface area contributed by atoms with Gasteiger partial charge in [0.05, 0.1) is 18.3 Å². The molecule has 20 heavy (non-hydrogen) atoms. The first-order valence-corrected chi connectivity index (χ1v) is 6.54. The van der Waals surface area contributed by atoms with Crippen molar-refractivity contribution in [1.82, 2.24) is 15.2 Å². The van der Waals surface area contributed by atoms with Gasteiger partial charge in [0.15, 0.2) is 0 Å². The largest absolute Gasteiger partial charge is 0.464 e. The second kappa shape index (κ2) is 6.23. The molecule has 2 aromatic rings. The summed E-state index contributed by atoms with van der Waals surface area (Å²) >= 11 is 0. The lowest BCUT2D eigenvalue weighted by Crippen LogP contribution is -2.38. The minimum Gasteiger partial charge on any atom is -0.464 e. The fraction of sp³-hybridized carbons (Fsp3) is 0.333. The second-order valence-corrected chi connectivity index (χ2v) is 4.80. The molecule has 0 bridgehead atoms. The summed E-state index contributed by atoms with van der Waals surface area (Å²) in [5.41, 5.74) is 0.853. The Kier molecular flexibility index (Phi) is 4.40. The Labute approximate surface area is 118 Å². The monoisotopic (exact) mass is 273 g/mol. The van der Waals surface area contributed by atoms with Gasteiger partial charge in [-0.15, -0.1) is 0 Å². The fourth-order valence-electron chi connectivity index (χ4n) is 1.86. The molecule has 0 radical (unpaired) electrons. The normalized spacial score (nSPS) is 11.9. The summed E-state index contributed by atoms with van der Waals surface area (Å²) in [7, 11) is 1.74. The molecule has 0 aliphatic rings. The van der Waals surface area contributed by atoms with E-state index < -0.39 is 0 Å². The predicted octanol–water partition coefficient (Wildman–Crippen LogP) is 2.89. The number of nitrogens with zero attached hydrogens (tertiary/aromatic N) is 2. The van der Waals surface area contributed by atoms with Gasteiger partial charge in [0.1, 0.15) is 11.5 Å². The van der Waals surface area contributed by atoms with Crippen molar-refractivity contribution in [3.8, 4) is 0 Å². The zero-order chi connectivity index (χ0) is 14.5. The Bertz CT molecular complexity index is 566. The molecule has 0 fully saturated rings. The maximum absolute atomic E-state index is 12.1. The summed E-state index contributed by atoms with van der Waals surface area (Å²) in [6.45, 7) is 4.24. The van der Waals surface area contributed by atoms with Crippen molar-refractivity contribution in [2.45, 2.75) is 26.4 Å². The van der Waals surface area contributed by atoms with Gasteiger partial charge in [-0.3, -0.25) is 4.98 Å². The van der Waals surface area contributed by atoms with Crippen molar-refractivity contribution < 1.29 is 9.21 Å². The molecule has 0 spiro atoms. The summed E-state index contributed by atoms with van der Waals surface area (Å²) < 4.78 is 5.50. The van der Waals surface area contributed by atoms with Crippen molar-refractivity contribution in [1.29, 1.82) is 0 Å². The molecule has 1 unspecified atom stereocenters. The van der Waals surface area contributed by atoms with E-state index in [1.165, 1.54) is 0 Å². The van der Waals surface area contributed by atoms with E-state index in [1.54, 1.807) is 18.1 Å². The maximum Gasteiger partial charge on any atom is 0.318 e. The van der Waals surface area contributed by atoms with E-state index >= 15 is 0 Å². The number of carbonyl (C=O) groups excluding carboxylic acids is 1. The first-order chi connectivity index (χ1) is 9.56. The number of urea groups is 1. The molecule has 5 nitrogen and oxygen atoms in total. The highest BCUT2D eigenvalue weighted by atomic mass is 16.3. The number of pyridine rings is 1. The van der Waals surface area contributed by atoms with Crippen molar-refractivity contribution in [2.24, 2.45) is 0 Å². The lowest BCUT2D eigenvalue weighted by atomic mass is 10.2. The number of carbonyl (C=O) groups is 1. The summed E-state index contributed by atoms with van der Waals surface area (Å²) in [5.74, 6) is 1.59. The van der Waals surface area contributed by atoms with Crippen LogP contribution >= 0.6 is 0 Å². The van der Waals surface area contributed by atoms with Crippen LogP contribution in [-0.2, 0) is 6.54 Å². The molecule has 1 N–H and O–H groups in total. The molecule has 1 atom stereocenters. The molecule has 0 saturated carbocycles. The molecule has 0 saturated heterocycles. The van der Waals surface area contributed by atoms with E-state index in [9.17, 15) is 4.79 Å². The van der Waals surface area contributed by atoms with Gasteiger partial charge in [0.2, 0.25) is 0 Å². The molecule has 2 amide bonds. The van der Waals surface area contributed by atoms with Gasteiger partial charge in [-0.05, 0) is 38.1 Å². The average Bonchev–Trinajstić information content (AvgIpc) is 2.86. The molecule has 2 rings (SSSR count). The smallest absolute Gasteiger partial charge is 0.318 e. The third-order valence-corrected chi connectivity index (χ3v) is 3.00. The molecule has 2 heterocycles. The van der Waals surface area contributed by atoms with E-state index in [-0.39, 0.29) is 12.1 Å². The predicted molar refractivity (Wildman–Crippen MR) is 76.1 cm³/mol. The SMILES string of the molecule is Cc1ccc(C(C)NC(=O)N(C)Cc2ccccn2)o1. The van der Waals surface area contributed by atoms with Crippen LogP contribution in [0.15, 0.2) is 40.9 Å². The molecule has 0 aliphatic heterocycles. The van der Waals surface area contributed by atoms with Gasteiger partial charge < -0.3 is 14.6 Å². The van der Waals surface area contributed by atoms with Gasteiger partial charge >= 0.3 is 6.03 Å². The number of aromatic nitrogens is 1. The minimum atomic E-state index is -0.164. The number of hydrogen-bond donors (Lipinski definition) is 1. The molecule has 0 aromatic carbocycles. The first-order valence-electron chi connectivity index (χ1n) is 6.54. The van der Waals surface area contributed by atoms with Crippen LogP contribution in [0.1, 0.15) is 30.2 Å². The summed E-state index contributed by atoms with van der Waals surface area (Å²) in [6, 6.07) is 9.09. The van der Waals surface area contributed by atoms with Crippen LogP contribution in [0.5, 0.6) is 0 Å². The zero-order valence-electron chi connectivity index (χ0n) is 12.0. The van der Waals surface area contributed by atoms with Crippen LogP contribution in [0.4, 0.5) is 4.79 Å². The van der Waals surface area contributed by atoms with Gasteiger partial charge in [0, 0.05) is 13.2 Å². The highest BCUT2D eigenvalue weighted by Crippen LogP contribution is 2.15. The van der Waals surface area contributed by atoms with E-state index in [2.05, 4.69) is 10.3 Å². The first kappa shape index (κ1) is 14.1. The minimum absolute atomic E-state index is 0.155. The van der Waals surface area contributed by atoms with Crippen LogP contribution in [0, 0.1) is 6.92 Å². The Morgan fingerprint density at radius 2 is 2.20 bits per heavy atom. The van der Waals surface area contributed by atoms with Crippen LogP contribution in [-0.4, -0.2) is 23.0 Å². The standard InChI is InChI=1S/C15H19N3O2/c1-11-7-8-14(20-11)12(2)17-15(19)18(3)10-13-6-4-5-9-16-13/h4-9,12H,10H2,1-3H3,(H,17,19). The number of furan rings is 1. The maximum atomic E-state index is 12.1. The fourth-order valence-corrected chi connectivity index (χ4v) is 1.86. The molecular formula is C15H19N3O2. The van der Waals surface area contributed by atoms with Crippen molar-refractivity contribution >= 4 is 6.03 Å². The van der Waals surface area contributed by atoms with Crippen LogP contribution < -0.4 is 5.32 Å². The van der Waals surface area contributed by atoms with E-state index in [0.29, 0.717) is 6.54 Å². The highest BCUT2D eigenvalue weighted by Gasteiger charge is 2.16. The Morgan fingerprint density at radius 3 is 2.80 bits per heavy atom. The van der Waals surface area contributed by atoms with Crippen LogP contribution in [0.2, 0.25) is 0 Å². The number of amides is 2. The third-order valence-electron chi connectivity index (χ3n) is 3.00. The Morgan fingerprint density at radius 1 is 1.40 bits per heavy atom. The lowest BCUT2D eigenvalue weighted by Gasteiger charge is -2.20. The van der Waals surface area contributed by atoms with E-state index in [1.807, 2.05) is 44.2 Å². The summed E-state index contributed by atoms with van der Waals surface area (Å²) in [6.07, 6.45) is 1.72. The van der Waals surface area contributed by atoms with Crippen LogP contribution in [0.3, 0.4) is 0 Å². The lowest BCUT2D eigenvalue weighted by molar-refractivity contribution is 0.201. The topological polar surface area (TPSA) is 58.4 Å². The molecule has 0 aliphatic carbocycles. The molecule has 2 aromatic heterocycles. The van der Waals surface area contributed by atoms with Gasteiger partial charge in [-0.1, -0.05) is 6.07 Å². The molecular weight excluding hydrogens is 254 g/mol. The quantitative estimate of drug-likeness (QED) is 0.931. The van der Waals surface area contributed by atoms with E-state index in [4.69, 9.17) is 4.42 Å². The molecule has 5 heteroatoms. The van der Waals surface area contributed by atoms with Gasteiger partial charge in [-0.25, -0.2) is 4.79 Å². The number of rotatable bonds is 4. The van der Waals surface area contributed by atoms with Crippen molar-refractivity contribution in [2.75, 3.05) is 7.05 Å². The van der Waals surface area contributed by atoms with E-state index in [0.717, 1.165) is 17.2 Å². The average molecular weight is 273 g/mol. The Hall–Kier alpha value is -2.30. The zero-order valence-corrected chi connectivity index (χ0v) is 12.0. The number of hydrogen-bond acceptors (Lipinski definition) is 3. The van der Waals surface area contributed by atoms with Crippen molar-refractivity contribution in [3.63, 3.8) is 0 Å². The number of aryl methyl sites for hydroxylation is 1. The third kappa shape index (κ3) is 3.60. The van der Waals surface area contributed by atoms with Crippen LogP contribution in [0.25, 0.3) is 0 Å². The second-order valence-electron chi connectivity index (χ2n) is 4.80.